The van der Waals surface area contributed by atoms with Gasteiger partial charge in [0.05, 0.1) is 5.92 Å². The van der Waals surface area contributed by atoms with Crippen LogP contribution in [-0.4, -0.2) is 30.1 Å². The molecule has 20 heavy (non-hydrogen) atoms. The van der Waals surface area contributed by atoms with E-state index < -0.39 is 24.4 Å². The lowest BCUT2D eigenvalue weighted by Crippen LogP contribution is -2.32. The average Bonchev–Trinajstić information content (AvgIpc) is 2.39. The standard InChI is InChI=1S/C13H15F2NO4/c1-2-8(12(18)19)7-16-11(17)9-3-5-10(6-4-9)20-13(14)15/h3-6,8,13H,2,7H2,1H3,(H,16,17)(H,18,19). The highest BCUT2D eigenvalue weighted by Gasteiger charge is 2.16. The Morgan fingerprint density at radius 1 is 1.30 bits per heavy atom. The van der Waals surface area contributed by atoms with Crippen molar-refractivity contribution in [2.24, 2.45) is 5.92 Å². The van der Waals surface area contributed by atoms with Crippen LogP contribution < -0.4 is 10.1 Å². The van der Waals surface area contributed by atoms with Gasteiger partial charge in [-0.2, -0.15) is 8.78 Å². The van der Waals surface area contributed by atoms with E-state index in [9.17, 15) is 18.4 Å². The summed E-state index contributed by atoms with van der Waals surface area (Å²) >= 11 is 0. The lowest BCUT2D eigenvalue weighted by atomic mass is 10.1. The molecule has 0 spiro atoms. The monoisotopic (exact) mass is 287 g/mol. The van der Waals surface area contributed by atoms with E-state index in [-0.39, 0.29) is 17.9 Å². The van der Waals surface area contributed by atoms with Gasteiger partial charge in [-0.1, -0.05) is 6.92 Å². The zero-order chi connectivity index (χ0) is 15.1. The van der Waals surface area contributed by atoms with Gasteiger partial charge in [-0.3, -0.25) is 9.59 Å². The van der Waals surface area contributed by atoms with Crippen LogP contribution in [0.15, 0.2) is 24.3 Å². The Hall–Kier alpha value is -2.18. The molecule has 0 bridgehead atoms. The van der Waals surface area contributed by atoms with E-state index in [1.807, 2.05) is 0 Å². The van der Waals surface area contributed by atoms with Crippen molar-refractivity contribution < 1.29 is 28.2 Å². The molecule has 1 amide bonds. The summed E-state index contributed by atoms with van der Waals surface area (Å²) < 4.78 is 28.0. The third-order valence-electron chi connectivity index (χ3n) is 2.69. The second kappa shape index (κ2) is 7.42. The summed E-state index contributed by atoms with van der Waals surface area (Å²) in [5, 5.41) is 11.3. The summed E-state index contributed by atoms with van der Waals surface area (Å²) in [7, 11) is 0. The summed E-state index contributed by atoms with van der Waals surface area (Å²) in [5.74, 6) is -2.14. The SMILES string of the molecule is CCC(CNC(=O)c1ccc(OC(F)F)cc1)C(=O)O. The fraction of sp³-hybridized carbons (Fsp3) is 0.385. The first-order valence-electron chi connectivity index (χ1n) is 6.00. The Bertz CT molecular complexity index is 462. The van der Waals surface area contributed by atoms with Crippen LogP contribution in [0.25, 0.3) is 0 Å². The Morgan fingerprint density at radius 2 is 1.90 bits per heavy atom. The van der Waals surface area contributed by atoms with Gasteiger partial charge in [-0.05, 0) is 30.7 Å². The molecule has 0 aliphatic heterocycles. The summed E-state index contributed by atoms with van der Waals surface area (Å²) in [6.45, 7) is -1.20. The third kappa shape index (κ3) is 4.83. The number of carboxylic acids is 1. The molecular weight excluding hydrogens is 272 g/mol. The highest BCUT2D eigenvalue weighted by Crippen LogP contribution is 2.14. The van der Waals surface area contributed by atoms with Gasteiger partial charge in [-0.25, -0.2) is 0 Å². The normalized spacial score (nSPS) is 12.0. The number of rotatable bonds is 7. The van der Waals surface area contributed by atoms with Crippen molar-refractivity contribution in [1.82, 2.24) is 5.32 Å². The molecule has 1 unspecified atom stereocenters. The van der Waals surface area contributed by atoms with Gasteiger partial charge < -0.3 is 15.2 Å². The van der Waals surface area contributed by atoms with Crippen LogP contribution in [0.2, 0.25) is 0 Å². The number of aliphatic carboxylic acids is 1. The molecule has 1 atom stereocenters. The molecule has 2 N–H and O–H groups in total. The molecule has 0 radical (unpaired) electrons. The fourth-order valence-corrected chi connectivity index (χ4v) is 1.51. The number of ether oxygens (including phenoxy) is 1. The first kappa shape index (κ1) is 15.9. The maximum atomic E-state index is 11.9. The molecule has 5 nitrogen and oxygen atoms in total. The van der Waals surface area contributed by atoms with E-state index in [0.29, 0.717) is 6.42 Å². The molecule has 0 heterocycles. The number of carbonyl (C=O) groups excluding carboxylic acids is 1. The lowest BCUT2D eigenvalue weighted by Gasteiger charge is -2.11. The van der Waals surface area contributed by atoms with E-state index >= 15 is 0 Å². The number of benzene rings is 1. The van der Waals surface area contributed by atoms with E-state index in [1.165, 1.54) is 24.3 Å². The molecule has 1 aromatic carbocycles. The Morgan fingerprint density at radius 3 is 2.35 bits per heavy atom. The van der Waals surface area contributed by atoms with Crippen LogP contribution in [0.3, 0.4) is 0 Å². The zero-order valence-electron chi connectivity index (χ0n) is 10.8. The van der Waals surface area contributed by atoms with Gasteiger partial charge in [0.25, 0.3) is 5.91 Å². The molecule has 0 saturated heterocycles. The van der Waals surface area contributed by atoms with Gasteiger partial charge in [0.15, 0.2) is 0 Å². The van der Waals surface area contributed by atoms with Crippen molar-refractivity contribution in [2.45, 2.75) is 20.0 Å². The van der Waals surface area contributed by atoms with Gasteiger partial charge in [0, 0.05) is 12.1 Å². The van der Waals surface area contributed by atoms with Crippen molar-refractivity contribution in [3.8, 4) is 5.75 Å². The molecule has 0 aliphatic rings. The first-order valence-corrected chi connectivity index (χ1v) is 6.00. The lowest BCUT2D eigenvalue weighted by molar-refractivity contribution is -0.141. The number of hydrogen-bond donors (Lipinski definition) is 2. The second-order valence-electron chi connectivity index (χ2n) is 4.06. The number of halogens is 2. The number of hydrogen-bond acceptors (Lipinski definition) is 3. The molecule has 0 saturated carbocycles. The zero-order valence-corrected chi connectivity index (χ0v) is 10.8. The highest BCUT2D eigenvalue weighted by atomic mass is 19.3. The van der Waals surface area contributed by atoms with Crippen molar-refractivity contribution in [3.63, 3.8) is 0 Å². The minimum Gasteiger partial charge on any atom is -0.481 e. The molecule has 7 heteroatoms. The van der Waals surface area contributed by atoms with Crippen LogP contribution in [0.4, 0.5) is 8.78 Å². The minimum absolute atomic E-state index is 0.0138. The molecule has 1 rings (SSSR count). The molecule has 1 aromatic rings. The Labute approximate surface area is 114 Å². The average molecular weight is 287 g/mol. The van der Waals surface area contributed by atoms with Crippen molar-refractivity contribution >= 4 is 11.9 Å². The number of alkyl halides is 2. The molecule has 0 fully saturated rings. The van der Waals surface area contributed by atoms with Gasteiger partial charge in [-0.15, -0.1) is 0 Å². The van der Waals surface area contributed by atoms with Crippen molar-refractivity contribution in [3.05, 3.63) is 29.8 Å². The fourth-order valence-electron chi connectivity index (χ4n) is 1.51. The van der Waals surface area contributed by atoms with E-state index in [4.69, 9.17) is 5.11 Å². The predicted molar refractivity (Wildman–Crippen MR) is 66.8 cm³/mol. The largest absolute Gasteiger partial charge is 0.481 e. The molecule has 0 aliphatic carbocycles. The maximum absolute atomic E-state index is 11.9. The second-order valence-corrected chi connectivity index (χ2v) is 4.06. The smallest absolute Gasteiger partial charge is 0.387 e. The number of carboxylic acid groups (broad SMARTS) is 1. The minimum atomic E-state index is -2.92. The number of nitrogens with one attached hydrogen (secondary N) is 1. The first-order chi connectivity index (χ1) is 9.43. The van der Waals surface area contributed by atoms with Crippen LogP contribution in [0.1, 0.15) is 23.7 Å². The Kier molecular flexibility index (Phi) is 5.89. The quantitative estimate of drug-likeness (QED) is 0.805. The maximum Gasteiger partial charge on any atom is 0.387 e. The van der Waals surface area contributed by atoms with Gasteiger partial charge >= 0.3 is 12.6 Å². The van der Waals surface area contributed by atoms with Crippen LogP contribution in [-0.2, 0) is 4.79 Å². The molecular formula is C13H15F2NO4. The Balaban J connectivity index is 2.57. The van der Waals surface area contributed by atoms with E-state index in [1.54, 1.807) is 6.92 Å². The molecule has 0 aromatic heterocycles. The van der Waals surface area contributed by atoms with Crippen LogP contribution in [0, 0.1) is 5.92 Å². The molecule has 110 valence electrons. The van der Waals surface area contributed by atoms with E-state index in [2.05, 4.69) is 10.1 Å². The summed E-state index contributed by atoms with van der Waals surface area (Å²) in [5.41, 5.74) is 0.242. The van der Waals surface area contributed by atoms with Crippen molar-refractivity contribution in [1.29, 1.82) is 0 Å². The summed E-state index contributed by atoms with van der Waals surface area (Å²) in [6, 6.07) is 5.15. The van der Waals surface area contributed by atoms with E-state index in [0.717, 1.165) is 0 Å². The van der Waals surface area contributed by atoms with Crippen molar-refractivity contribution in [2.75, 3.05) is 6.54 Å². The number of carbonyl (C=O) groups is 2. The third-order valence-corrected chi connectivity index (χ3v) is 2.69. The van der Waals surface area contributed by atoms with Gasteiger partial charge in [0.1, 0.15) is 5.75 Å². The van der Waals surface area contributed by atoms with Gasteiger partial charge in [0.2, 0.25) is 0 Å². The summed E-state index contributed by atoms with van der Waals surface area (Å²) in [6.07, 6.45) is 0.400. The summed E-state index contributed by atoms with van der Waals surface area (Å²) in [4.78, 5) is 22.5. The number of amides is 1. The van der Waals surface area contributed by atoms with Crippen LogP contribution >= 0.6 is 0 Å². The predicted octanol–water partition coefficient (Wildman–Crippen LogP) is 2.13. The van der Waals surface area contributed by atoms with Crippen LogP contribution in [0.5, 0.6) is 5.75 Å². The topological polar surface area (TPSA) is 75.6 Å². The highest BCUT2D eigenvalue weighted by molar-refractivity contribution is 5.94.